The van der Waals surface area contributed by atoms with Gasteiger partial charge < -0.3 is 4.90 Å². The van der Waals surface area contributed by atoms with Crippen LogP contribution in [-0.2, 0) is 13.1 Å². The predicted octanol–water partition coefficient (Wildman–Crippen LogP) is 3.69. The quantitative estimate of drug-likeness (QED) is 0.589. The zero-order chi connectivity index (χ0) is 15.2. The number of hydrogen-bond donors (Lipinski definition) is 0. The first kappa shape index (κ1) is 15.2. The van der Waals surface area contributed by atoms with E-state index in [1.807, 2.05) is 24.5 Å². The van der Waals surface area contributed by atoms with E-state index in [0.29, 0.717) is 0 Å². The molecule has 0 aliphatic rings. The molecule has 0 N–H and O–H groups in total. The van der Waals surface area contributed by atoms with Crippen molar-refractivity contribution >= 4 is 17.3 Å². The van der Waals surface area contributed by atoms with Gasteiger partial charge in [-0.3, -0.25) is 0 Å². The minimum absolute atomic E-state index is 0.870. The first-order valence-corrected chi connectivity index (χ1v) is 7.51. The third kappa shape index (κ3) is 3.48. The highest BCUT2D eigenvalue weighted by Crippen LogP contribution is 2.20. The van der Waals surface area contributed by atoms with E-state index >= 15 is 0 Å². The molecule has 0 saturated heterocycles. The lowest BCUT2D eigenvalue weighted by Gasteiger charge is -2.16. The Bertz CT molecular complexity index is 576. The molecular formula is C16H24N5+. The largest absolute Gasteiger partial charge is 0.421 e. The van der Waals surface area contributed by atoms with Gasteiger partial charge in [-0.2, -0.15) is 0 Å². The lowest BCUT2D eigenvalue weighted by atomic mass is 10.2. The molecule has 0 atom stereocenters. The molecule has 112 valence electrons. The third-order valence-corrected chi connectivity index (χ3v) is 3.64. The summed E-state index contributed by atoms with van der Waals surface area (Å²) in [6.45, 7) is 9.11. The van der Waals surface area contributed by atoms with E-state index in [1.165, 1.54) is 5.69 Å². The Labute approximate surface area is 126 Å². The van der Waals surface area contributed by atoms with Crippen LogP contribution in [0.15, 0.2) is 46.9 Å². The highest BCUT2D eigenvalue weighted by atomic mass is 15.3. The molecule has 0 unspecified atom stereocenters. The van der Waals surface area contributed by atoms with E-state index in [-0.39, 0.29) is 0 Å². The first-order valence-electron chi connectivity index (χ1n) is 7.51. The topological polar surface area (TPSA) is 36.8 Å². The van der Waals surface area contributed by atoms with Gasteiger partial charge in [0.2, 0.25) is 0 Å². The Hall–Kier alpha value is -2.17. The standard InChI is InChI=1S/C16H24N5/c1-5-19(4)15-10-8-14(9-11-15)17-18-16-20(6-2)12-13-21(16)7-3/h8-13H,5-7H2,1-4H3/q+1. The van der Waals surface area contributed by atoms with Gasteiger partial charge in [-0.05, 0) is 45.0 Å². The minimum atomic E-state index is 0.870. The number of benzene rings is 1. The lowest BCUT2D eigenvalue weighted by molar-refractivity contribution is -0.680. The molecule has 0 fully saturated rings. The maximum absolute atomic E-state index is 4.41. The van der Waals surface area contributed by atoms with Crippen LogP contribution in [0.2, 0.25) is 0 Å². The summed E-state index contributed by atoms with van der Waals surface area (Å²) < 4.78 is 4.18. The van der Waals surface area contributed by atoms with Crippen LogP contribution < -0.4 is 9.47 Å². The Morgan fingerprint density at radius 3 is 2.38 bits per heavy atom. The number of hydrogen-bond acceptors (Lipinski definition) is 3. The molecule has 0 aliphatic carbocycles. The van der Waals surface area contributed by atoms with Crippen molar-refractivity contribution in [3.8, 4) is 0 Å². The summed E-state index contributed by atoms with van der Waals surface area (Å²) in [6, 6.07) is 8.15. The monoisotopic (exact) mass is 286 g/mol. The summed E-state index contributed by atoms with van der Waals surface area (Å²) >= 11 is 0. The Balaban J connectivity index is 2.19. The summed E-state index contributed by atoms with van der Waals surface area (Å²) in [6.07, 6.45) is 4.08. The molecule has 2 rings (SSSR count). The van der Waals surface area contributed by atoms with Gasteiger partial charge in [-0.1, -0.05) is 5.11 Å². The second kappa shape index (κ2) is 7.02. The molecule has 1 aromatic heterocycles. The van der Waals surface area contributed by atoms with Crippen LogP contribution in [0.25, 0.3) is 0 Å². The van der Waals surface area contributed by atoms with Crippen molar-refractivity contribution in [3.05, 3.63) is 36.7 Å². The molecule has 21 heavy (non-hydrogen) atoms. The number of anilines is 1. The second-order valence-electron chi connectivity index (χ2n) is 4.90. The Kier molecular flexibility index (Phi) is 5.09. The van der Waals surface area contributed by atoms with Gasteiger partial charge in [0, 0.05) is 24.4 Å². The van der Waals surface area contributed by atoms with Crippen molar-refractivity contribution < 1.29 is 4.57 Å². The van der Waals surface area contributed by atoms with Crippen molar-refractivity contribution in [1.29, 1.82) is 0 Å². The van der Waals surface area contributed by atoms with Crippen LogP contribution >= 0.6 is 0 Å². The molecular weight excluding hydrogens is 262 g/mol. The fourth-order valence-electron chi connectivity index (χ4n) is 2.13. The average Bonchev–Trinajstić information content (AvgIpc) is 2.94. The summed E-state index contributed by atoms with van der Waals surface area (Å²) in [5, 5.41) is 8.77. The highest BCUT2D eigenvalue weighted by Gasteiger charge is 2.14. The van der Waals surface area contributed by atoms with E-state index in [4.69, 9.17) is 0 Å². The molecule has 0 bridgehead atoms. The van der Waals surface area contributed by atoms with E-state index in [2.05, 4.69) is 64.2 Å². The number of aromatic nitrogens is 2. The molecule has 0 saturated carbocycles. The van der Waals surface area contributed by atoms with Gasteiger partial charge in [0.25, 0.3) is 0 Å². The molecule has 2 aromatic rings. The van der Waals surface area contributed by atoms with E-state index in [1.54, 1.807) is 0 Å². The number of aryl methyl sites for hydroxylation is 2. The molecule has 1 aromatic carbocycles. The van der Waals surface area contributed by atoms with Crippen LogP contribution in [0.1, 0.15) is 20.8 Å². The van der Waals surface area contributed by atoms with Gasteiger partial charge in [-0.25, -0.2) is 9.13 Å². The number of imidazole rings is 1. The van der Waals surface area contributed by atoms with Gasteiger partial charge in [0.1, 0.15) is 5.69 Å². The summed E-state index contributed by atoms with van der Waals surface area (Å²) in [5.74, 6) is 0.884. The molecule has 0 spiro atoms. The third-order valence-electron chi connectivity index (χ3n) is 3.64. The van der Waals surface area contributed by atoms with E-state index in [9.17, 15) is 0 Å². The van der Waals surface area contributed by atoms with E-state index < -0.39 is 0 Å². The van der Waals surface area contributed by atoms with Crippen molar-refractivity contribution in [1.82, 2.24) is 4.57 Å². The molecule has 5 nitrogen and oxygen atoms in total. The number of azo groups is 1. The number of nitrogens with zero attached hydrogens (tertiary/aromatic N) is 5. The smallest absolute Gasteiger partial charge is 0.375 e. The predicted molar refractivity (Wildman–Crippen MR) is 85.5 cm³/mol. The average molecular weight is 286 g/mol. The number of rotatable bonds is 6. The lowest BCUT2D eigenvalue weighted by Crippen LogP contribution is -2.30. The molecule has 1 heterocycles. The molecule has 0 aliphatic heterocycles. The molecule has 5 heteroatoms. The van der Waals surface area contributed by atoms with Crippen molar-refractivity contribution in [2.24, 2.45) is 10.2 Å². The first-order chi connectivity index (χ1) is 10.2. The van der Waals surface area contributed by atoms with Crippen molar-refractivity contribution in [3.63, 3.8) is 0 Å². The molecule has 0 amide bonds. The normalized spacial score (nSPS) is 11.2. The van der Waals surface area contributed by atoms with Crippen molar-refractivity contribution in [2.45, 2.75) is 33.9 Å². The van der Waals surface area contributed by atoms with E-state index in [0.717, 1.165) is 31.3 Å². The van der Waals surface area contributed by atoms with Crippen LogP contribution in [-0.4, -0.2) is 18.2 Å². The zero-order valence-corrected chi connectivity index (χ0v) is 13.3. The maximum atomic E-state index is 4.41. The highest BCUT2D eigenvalue weighted by molar-refractivity contribution is 5.52. The minimum Gasteiger partial charge on any atom is -0.375 e. The van der Waals surface area contributed by atoms with Crippen LogP contribution in [0, 0.1) is 0 Å². The van der Waals surface area contributed by atoms with Gasteiger partial charge in [0.05, 0.1) is 25.5 Å². The second-order valence-corrected chi connectivity index (χ2v) is 4.90. The van der Waals surface area contributed by atoms with Crippen LogP contribution in [0.5, 0.6) is 0 Å². The molecule has 0 radical (unpaired) electrons. The van der Waals surface area contributed by atoms with Gasteiger partial charge in [0.15, 0.2) is 0 Å². The van der Waals surface area contributed by atoms with Crippen molar-refractivity contribution in [2.75, 3.05) is 18.5 Å². The summed E-state index contributed by atoms with van der Waals surface area (Å²) in [7, 11) is 2.08. The summed E-state index contributed by atoms with van der Waals surface area (Å²) in [4.78, 5) is 2.19. The Morgan fingerprint density at radius 2 is 1.81 bits per heavy atom. The van der Waals surface area contributed by atoms with Gasteiger partial charge >= 0.3 is 5.95 Å². The SMILES string of the molecule is CCN(C)c1ccc(N=Nc2n(CC)cc[n+]2CC)cc1. The fourth-order valence-corrected chi connectivity index (χ4v) is 2.13. The maximum Gasteiger partial charge on any atom is 0.421 e. The van der Waals surface area contributed by atoms with Crippen LogP contribution in [0.4, 0.5) is 17.3 Å². The fraction of sp³-hybridized carbons (Fsp3) is 0.438. The Morgan fingerprint density at radius 1 is 1.10 bits per heavy atom. The zero-order valence-electron chi connectivity index (χ0n) is 13.3. The summed E-state index contributed by atoms with van der Waals surface area (Å²) in [5.41, 5.74) is 2.06. The van der Waals surface area contributed by atoms with Gasteiger partial charge in [-0.15, -0.1) is 0 Å². The van der Waals surface area contributed by atoms with Crippen LogP contribution in [0.3, 0.4) is 0 Å².